The summed E-state index contributed by atoms with van der Waals surface area (Å²) in [5.74, 6) is 0.267. The molecular weight excluding hydrogens is 244 g/mol. The minimum absolute atomic E-state index is 0.0397. The lowest BCUT2D eigenvalue weighted by Crippen LogP contribution is -2.10. The molecule has 0 aromatic heterocycles. The normalized spacial score (nSPS) is 20.2. The second-order valence-corrected chi connectivity index (χ2v) is 4.54. The van der Waals surface area contributed by atoms with Gasteiger partial charge in [-0.15, -0.1) is 0 Å². The summed E-state index contributed by atoms with van der Waals surface area (Å²) in [6.45, 7) is 0. The number of aromatic hydroxyl groups is 1. The van der Waals surface area contributed by atoms with Crippen LogP contribution in [0.15, 0.2) is 16.6 Å². The molecule has 0 spiro atoms. The van der Waals surface area contributed by atoms with Gasteiger partial charge >= 0.3 is 0 Å². The standard InChI is InChI=1S/C11H11BrO2/c12-8-4-10-7(6-13)2-1-3-9(10)11(14)5-8/h4-7,14H,1-3H2. The number of halogens is 1. The van der Waals surface area contributed by atoms with Crippen LogP contribution in [-0.2, 0) is 11.2 Å². The molecule has 2 nitrogen and oxygen atoms in total. The number of phenols is 1. The van der Waals surface area contributed by atoms with Crippen molar-refractivity contribution in [3.05, 3.63) is 27.7 Å². The van der Waals surface area contributed by atoms with E-state index in [1.54, 1.807) is 6.07 Å². The summed E-state index contributed by atoms with van der Waals surface area (Å²) in [7, 11) is 0. The van der Waals surface area contributed by atoms with E-state index >= 15 is 0 Å². The molecular formula is C11H11BrO2. The van der Waals surface area contributed by atoms with Crippen molar-refractivity contribution in [2.75, 3.05) is 0 Å². The van der Waals surface area contributed by atoms with Crippen LogP contribution in [0.1, 0.15) is 29.9 Å². The van der Waals surface area contributed by atoms with E-state index in [0.717, 1.165) is 41.1 Å². The highest BCUT2D eigenvalue weighted by Crippen LogP contribution is 2.37. The van der Waals surface area contributed by atoms with Gasteiger partial charge in [-0.05, 0) is 42.5 Å². The summed E-state index contributed by atoms with van der Waals surface area (Å²) in [5, 5.41) is 9.70. The second-order valence-electron chi connectivity index (χ2n) is 3.63. The summed E-state index contributed by atoms with van der Waals surface area (Å²) in [5.41, 5.74) is 1.93. The molecule has 0 bridgehead atoms. The van der Waals surface area contributed by atoms with Crippen LogP contribution in [-0.4, -0.2) is 11.4 Å². The molecule has 74 valence electrons. The molecule has 0 radical (unpaired) electrons. The van der Waals surface area contributed by atoms with Crippen molar-refractivity contribution in [1.29, 1.82) is 0 Å². The van der Waals surface area contributed by atoms with Gasteiger partial charge in [0.2, 0.25) is 0 Å². The first-order chi connectivity index (χ1) is 6.72. The summed E-state index contributed by atoms with van der Waals surface area (Å²) in [6, 6.07) is 3.62. The highest BCUT2D eigenvalue weighted by atomic mass is 79.9. The molecule has 0 saturated carbocycles. The van der Waals surface area contributed by atoms with Gasteiger partial charge in [0.1, 0.15) is 12.0 Å². The zero-order chi connectivity index (χ0) is 10.1. The van der Waals surface area contributed by atoms with Gasteiger partial charge in [0, 0.05) is 10.4 Å². The van der Waals surface area contributed by atoms with E-state index in [9.17, 15) is 9.90 Å². The molecule has 1 aliphatic rings. The highest BCUT2D eigenvalue weighted by molar-refractivity contribution is 9.10. The zero-order valence-electron chi connectivity index (χ0n) is 7.66. The first kappa shape index (κ1) is 9.71. The number of hydrogen-bond acceptors (Lipinski definition) is 2. The number of hydrogen-bond donors (Lipinski definition) is 1. The second kappa shape index (κ2) is 3.73. The van der Waals surface area contributed by atoms with E-state index in [2.05, 4.69) is 15.9 Å². The number of aldehydes is 1. The zero-order valence-corrected chi connectivity index (χ0v) is 9.25. The molecule has 0 heterocycles. The fourth-order valence-electron chi connectivity index (χ4n) is 2.04. The van der Waals surface area contributed by atoms with Gasteiger partial charge < -0.3 is 9.90 Å². The first-order valence-corrected chi connectivity index (χ1v) is 5.48. The molecule has 0 amide bonds. The Morgan fingerprint density at radius 2 is 2.29 bits per heavy atom. The van der Waals surface area contributed by atoms with E-state index in [1.165, 1.54) is 0 Å². The van der Waals surface area contributed by atoms with Crippen LogP contribution < -0.4 is 0 Å². The lowest BCUT2D eigenvalue weighted by Gasteiger charge is -2.22. The van der Waals surface area contributed by atoms with Crippen LogP contribution in [0.3, 0.4) is 0 Å². The molecule has 1 N–H and O–H groups in total. The quantitative estimate of drug-likeness (QED) is 0.783. The molecule has 1 atom stereocenters. The molecule has 14 heavy (non-hydrogen) atoms. The lowest BCUT2D eigenvalue weighted by molar-refractivity contribution is -0.109. The molecule has 3 heteroatoms. The van der Waals surface area contributed by atoms with Crippen molar-refractivity contribution in [2.24, 2.45) is 0 Å². The lowest BCUT2D eigenvalue weighted by atomic mass is 9.83. The van der Waals surface area contributed by atoms with Crippen LogP contribution in [0.25, 0.3) is 0 Å². The average molecular weight is 255 g/mol. The fraction of sp³-hybridized carbons (Fsp3) is 0.364. The third-order valence-corrected chi connectivity index (χ3v) is 3.19. The Hall–Kier alpha value is -0.830. The fourth-order valence-corrected chi connectivity index (χ4v) is 2.51. The van der Waals surface area contributed by atoms with Gasteiger partial charge in [-0.3, -0.25) is 0 Å². The van der Waals surface area contributed by atoms with Gasteiger partial charge in [0.05, 0.1) is 0 Å². The Kier molecular flexibility index (Phi) is 2.59. The van der Waals surface area contributed by atoms with E-state index in [0.29, 0.717) is 5.75 Å². The van der Waals surface area contributed by atoms with Gasteiger partial charge in [0.15, 0.2) is 0 Å². The molecule has 1 aliphatic carbocycles. The molecule has 1 unspecified atom stereocenters. The Balaban J connectivity index is 2.56. The van der Waals surface area contributed by atoms with E-state index in [-0.39, 0.29) is 5.92 Å². The van der Waals surface area contributed by atoms with E-state index < -0.39 is 0 Å². The van der Waals surface area contributed by atoms with Crippen molar-refractivity contribution in [1.82, 2.24) is 0 Å². The molecule has 1 aromatic carbocycles. The van der Waals surface area contributed by atoms with Crippen molar-refractivity contribution in [3.63, 3.8) is 0 Å². The van der Waals surface area contributed by atoms with Crippen LogP contribution in [0, 0.1) is 0 Å². The molecule has 0 aliphatic heterocycles. The average Bonchev–Trinajstić information content (AvgIpc) is 2.17. The van der Waals surface area contributed by atoms with Crippen LogP contribution in [0.4, 0.5) is 0 Å². The Morgan fingerprint density at radius 3 is 3.00 bits per heavy atom. The highest BCUT2D eigenvalue weighted by Gasteiger charge is 2.22. The number of carbonyl (C=O) groups is 1. The van der Waals surface area contributed by atoms with Crippen LogP contribution >= 0.6 is 15.9 Å². The van der Waals surface area contributed by atoms with Gasteiger partial charge in [-0.1, -0.05) is 15.9 Å². The summed E-state index contributed by atoms with van der Waals surface area (Å²) in [6.07, 6.45) is 3.72. The maximum Gasteiger partial charge on any atom is 0.127 e. The first-order valence-electron chi connectivity index (χ1n) is 4.69. The Labute approximate surface area is 91.1 Å². The predicted molar refractivity (Wildman–Crippen MR) is 57.5 cm³/mol. The smallest absolute Gasteiger partial charge is 0.127 e. The summed E-state index contributed by atoms with van der Waals surface area (Å²) >= 11 is 3.32. The largest absolute Gasteiger partial charge is 0.508 e. The number of phenolic OH excluding ortho intramolecular Hbond substituents is 1. The molecule has 1 aromatic rings. The third-order valence-electron chi connectivity index (χ3n) is 2.73. The number of carbonyl (C=O) groups excluding carboxylic acids is 1. The van der Waals surface area contributed by atoms with Gasteiger partial charge in [0.25, 0.3) is 0 Å². The number of fused-ring (bicyclic) bond motifs is 1. The predicted octanol–water partition coefficient (Wildman–Crippen LogP) is 2.77. The van der Waals surface area contributed by atoms with Crippen molar-refractivity contribution < 1.29 is 9.90 Å². The summed E-state index contributed by atoms with van der Waals surface area (Å²) in [4.78, 5) is 10.8. The molecule has 0 saturated heterocycles. The number of benzene rings is 1. The topological polar surface area (TPSA) is 37.3 Å². The maximum absolute atomic E-state index is 10.8. The third kappa shape index (κ3) is 1.57. The SMILES string of the molecule is O=CC1CCCc2c(O)cc(Br)cc21. The summed E-state index contributed by atoms with van der Waals surface area (Å²) < 4.78 is 0.836. The van der Waals surface area contributed by atoms with E-state index in [1.807, 2.05) is 6.07 Å². The minimum atomic E-state index is -0.0397. The van der Waals surface area contributed by atoms with E-state index in [4.69, 9.17) is 0 Å². The monoisotopic (exact) mass is 254 g/mol. The Bertz CT molecular complexity index is 374. The van der Waals surface area contributed by atoms with Gasteiger partial charge in [-0.2, -0.15) is 0 Å². The molecule has 2 rings (SSSR count). The molecule has 0 fully saturated rings. The Morgan fingerprint density at radius 1 is 1.50 bits per heavy atom. The van der Waals surface area contributed by atoms with Crippen molar-refractivity contribution >= 4 is 22.2 Å². The van der Waals surface area contributed by atoms with Crippen LogP contribution in [0.5, 0.6) is 5.75 Å². The van der Waals surface area contributed by atoms with Crippen molar-refractivity contribution in [2.45, 2.75) is 25.2 Å². The van der Waals surface area contributed by atoms with Crippen molar-refractivity contribution in [3.8, 4) is 5.75 Å². The number of rotatable bonds is 1. The minimum Gasteiger partial charge on any atom is -0.508 e. The van der Waals surface area contributed by atoms with Gasteiger partial charge in [-0.25, -0.2) is 0 Å². The van der Waals surface area contributed by atoms with Crippen LogP contribution in [0.2, 0.25) is 0 Å². The maximum atomic E-state index is 10.8.